The number of hydrogen-bond donors (Lipinski definition) is 1. The van der Waals surface area contributed by atoms with Crippen LogP contribution in [-0.4, -0.2) is 47.7 Å². The lowest BCUT2D eigenvalue weighted by atomic mass is 9.92. The number of esters is 1. The minimum atomic E-state index is -0.300. The lowest BCUT2D eigenvalue weighted by molar-refractivity contribution is -0.140. The van der Waals surface area contributed by atoms with E-state index in [1.807, 2.05) is 17.1 Å². The van der Waals surface area contributed by atoms with Gasteiger partial charge in [-0.1, -0.05) is 62.2 Å². The molecule has 184 valence electrons. The summed E-state index contributed by atoms with van der Waals surface area (Å²) in [6, 6.07) is 10.8. The van der Waals surface area contributed by atoms with Crippen LogP contribution in [0.25, 0.3) is 0 Å². The number of amides is 1. The summed E-state index contributed by atoms with van der Waals surface area (Å²) >= 11 is 0. The van der Waals surface area contributed by atoms with Crippen LogP contribution in [0.15, 0.2) is 42.5 Å². The largest absolute Gasteiger partial charge is 0.469 e. The lowest BCUT2D eigenvalue weighted by Crippen LogP contribution is -2.34. The van der Waals surface area contributed by atoms with Gasteiger partial charge in [0, 0.05) is 25.4 Å². The summed E-state index contributed by atoms with van der Waals surface area (Å²) in [5.41, 5.74) is 1.40. The Labute approximate surface area is 200 Å². The second kappa shape index (κ2) is 15.7. The Morgan fingerprint density at radius 3 is 2.70 bits per heavy atom. The summed E-state index contributed by atoms with van der Waals surface area (Å²) in [5, 5.41) is 10.6. The van der Waals surface area contributed by atoms with Crippen LogP contribution in [-0.2, 0) is 20.7 Å². The fourth-order valence-corrected chi connectivity index (χ4v) is 4.57. The summed E-state index contributed by atoms with van der Waals surface area (Å²) in [7, 11) is 1.40. The quantitative estimate of drug-likeness (QED) is 0.203. The smallest absolute Gasteiger partial charge is 0.305 e. The van der Waals surface area contributed by atoms with Crippen molar-refractivity contribution in [3.63, 3.8) is 0 Å². The van der Waals surface area contributed by atoms with Crippen LogP contribution in [0.1, 0.15) is 83.1 Å². The van der Waals surface area contributed by atoms with Gasteiger partial charge in [0.1, 0.15) is 0 Å². The highest BCUT2D eigenvalue weighted by Crippen LogP contribution is 2.25. The number of ether oxygens (including phenoxy) is 1. The first-order valence-electron chi connectivity index (χ1n) is 12.7. The van der Waals surface area contributed by atoms with Gasteiger partial charge in [-0.3, -0.25) is 9.59 Å². The summed E-state index contributed by atoms with van der Waals surface area (Å²) in [6.45, 7) is 2.77. The number of carbonyl (C=O) groups excluding carboxylic acids is 2. The van der Waals surface area contributed by atoms with Crippen LogP contribution >= 0.6 is 0 Å². The van der Waals surface area contributed by atoms with E-state index >= 15 is 0 Å². The predicted octanol–water partition coefficient (Wildman–Crippen LogP) is 5.46. The zero-order valence-corrected chi connectivity index (χ0v) is 20.6. The third kappa shape index (κ3) is 10.6. The van der Waals surface area contributed by atoms with Crippen LogP contribution in [0.2, 0.25) is 0 Å². The van der Waals surface area contributed by atoms with Crippen LogP contribution in [0.5, 0.6) is 0 Å². The Kier molecular flexibility index (Phi) is 12.9. The molecule has 0 unspecified atom stereocenters. The fraction of sp³-hybridized carbons (Fsp3) is 0.643. The molecule has 0 radical (unpaired) electrons. The molecule has 1 aliphatic heterocycles. The van der Waals surface area contributed by atoms with E-state index in [2.05, 4.69) is 42.0 Å². The van der Waals surface area contributed by atoms with Crippen LogP contribution in [0, 0.1) is 5.92 Å². The predicted molar refractivity (Wildman–Crippen MR) is 133 cm³/mol. The molecular weight excluding hydrogens is 414 g/mol. The SMILES string of the molecule is COC(=O)CCCC=CCN1C(=O)CC[C@@H]1CC[C@@H](O)[C@@H](C)CCCCCc1ccccc1. The summed E-state index contributed by atoms with van der Waals surface area (Å²) in [5.74, 6) is 0.320. The molecule has 33 heavy (non-hydrogen) atoms. The van der Waals surface area contributed by atoms with E-state index in [0.717, 1.165) is 51.4 Å². The van der Waals surface area contributed by atoms with Crippen molar-refractivity contribution in [3.05, 3.63) is 48.0 Å². The number of unbranched alkanes of at least 4 members (excludes halogenated alkanes) is 3. The number of aryl methyl sites for hydroxylation is 1. The maximum atomic E-state index is 12.3. The van der Waals surface area contributed by atoms with Gasteiger partial charge in [0.15, 0.2) is 0 Å². The van der Waals surface area contributed by atoms with Crippen molar-refractivity contribution in [2.45, 2.75) is 96.1 Å². The maximum Gasteiger partial charge on any atom is 0.305 e. The van der Waals surface area contributed by atoms with Gasteiger partial charge >= 0.3 is 5.97 Å². The lowest BCUT2D eigenvalue weighted by Gasteiger charge is -2.26. The zero-order chi connectivity index (χ0) is 23.9. The second-order valence-corrected chi connectivity index (χ2v) is 9.39. The molecule has 1 heterocycles. The molecule has 1 aliphatic rings. The zero-order valence-electron chi connectivity index (χ0n) is 20.6. The number of methoxy groups -OCH3 is 1. The molecule has 0 spiro atoms. The van der Waals surface area contributed by atoms with Gasteiger partial charge in [-0.15, -0.1) is 0 Å². The molecular formula is C28H43NO4. The van der Waals surface area contributed by atoms with Crippen molar-refractivity contribution in [1.29, 1.82) is 0 Å². The van der Waals surface area contributed by atoms with Gasteiger partial charge in [0.05, 0.1) is 13.2 Å². The van der Waals surface area contributed by atoms with Crippen molar-refractivity contribution >= 4 is 11.9 Å². The van der Waals surface area contributed by atoms with Crippen LogP contribution in [0.4, 0.5) is 0 Å². The number of likely N-dealkylation sites (tertiary alicyclic amines) is 1. The Morgan fingerprint density at radius 2 is 1.94 bits per heavy atom. The molecule has 0 aromatic heterocycles. The second-order valence-electron chi connectivity index (χ2n) is 9.39. The molecule has 1 saturated heterocycles. The number of nitrogens with zero attached hydrogens (tertiary/aromatic N) is 1. The van der Waals surface area contributed by atoms with Crippen molar-refractivity contribution in [2.24, 2.45) is 5.92 Å². The first-order valence-corrected chi connectivity index (χ1v) is 12.7. The van der Waals surface area contributed by atoms with Crippen molar-refractivity contribution < 1.29 is 19.4 Å². The Balaban J connectivity index is 1.60. The van der Waals surface area contributed by atoms with Crippen molar-refractivity contribution in [1.82, 2.24) is 4.90 Å². The first-order chi connectivity index (χ1) is 16.0. The van der Waals surface area contributed by atoms with Gasteiger partial charge in [-0.05, 0) is 62.8 Å². The minimum Gasteiger partial charge on any atom is -0.469 e. The van der Waals surface area contributed by atoms with Gasteiger partial charge in [-0.25, -0.2) is 0 Å². The number of carbonyl (C=O) groups is 2. The molecule has 0 aliphatic carbocycles. The van der Waals surface area contributed by atoms with Gasteiger partial charge in [0.2, 0.25) is 5.91 Å². The van der Waals surface area contributed by atoms with Gasteiger partial charge in [-0.2, -0.15) is 0 Å². The Bertz CT molecular complexity index is 718. The Hall–Kier alpha value is -2.14. The van der Waals surface area contributed by atoms with E-state index in [-0.39, 0.29) is 24.0 Å². The molecule has 5 nitrogen and oxygen atoms in total. The maximum absolute atomic E-state index is 12.3. The number of aliphatic hydroxyl groups is 1. The van der Waals surface area contributed by atoms with E-state index in [4.69, 9.17) is 0 Å². The average Bonchev–Trinajstić information content (AvgIpc) is 3.18. The normalized spacial score (nSPS) is 18.1. The monoisotopic (exact) mass is 457 g/mol. The highest BCUT2D eigenvalue weighted by molar-refractivity contribution is 5.78. The van der Waals surface area contributed by atoms with Crippen molar-refractivity contribution in [2.75, 3.05) is 13.7 Å². The Morgan fingerprint density at radius 1 is 1.15 bits per heavy atom. The topological polar surface area (TPSA) is 66.8 Å². The highest BCUT2D eigenvalue weighted by atomic mass is 16.5. The average molecular weight is 458 g/mol. The van der Waals surface area contributed by atoms with Crippen LogP contribution < -0.4 is 0 Å². The number of benzene rings is 1. The number of allylic oxidation sites excluding steroid dienone is 1. The molecule has 0 bridgehead atoms. The molecule has 0 saturated carbocycles. The van der Waals surface area contributed by atoms with Crippen molar-refractivity contribution in [3.8, 4) is 0 Å². The van der Waals surface area contributed by atoms with E-state index in [1.54, 1.807) is 0 Å². The first kappa shape index (κ1) is 27.1. The number of hydrogen-bond acceptors (Lipinski definition) is 4. The van der Waals surface area contributed by atoms with Gasteiger partial charge < -0.3 is 14.7 Å². The molecule has 1 amide bonds. The highest BCUT2D eigenvalue weighted by Gasteiger charge is 2.30. The molecule has 5 heteroatoms. The molecule has 1 fully saturated rings. The third-order valence-electron chi connectivity index (χ3n) is 6.82. The molecule has 1 aromatic carbocycles. The molecule has 1 N–H and O–H groups in total. The third-order valence-corrected chi connectivity index (χ3v) is 6.82. The number of aliphatic hydroxyl groups excluding tert-OH is 1. The van der Waals surface area contributed by atoms with E-state index in [9.17, 15) is 14.7 Å². The summed E-state index contributed by atoms with van der Waals surface area (Å²) in [6.07, 6.45) is 14.6. The van der Waals surface area contributed by atoms with E-state index < -0.39 is 0 Å². The molecule has 1 aromatic rings. The summed E-state index contributed by atoms with van der Waals surface area (Å²) in [4.78, 5) is 25.4. The van der Waals surface area contributed by atoms with Gasteiger partial charge in [0.25, 0.3) is 0 Å². The summed E-state index contributed by atoms with van der Waals surface area (Å²) < 4.78 is 4.64. The molecule has 2 rings (SSSR count). The fourth-order valence-electron chi connectivity index (χ4n) is 4.57. The molecule has 3 atom stereocenters. The number of rotatable bonds is 16. The van der Waals surface area contributed by atoms with E-state index in [0.29, 0.717) is 25.3 Å². The van der Waals surface area contributed by atoms with Crippen LogP contribution in [0.3, 0.4) is 0 Å². The van der Waals surface area contributed by atoms with E-state index in [1.165, 1.54) is 25.5 Å². The standard InChI is InChI=1S/C28H43NO4/c1-23(13-7-5-8-14-24-15-9-6-10-16-24)26(30)20-18-25-19-21-27(31)29(25)22-12-4-3-11-17-28(32)33-2/h4,6,9-10,12,15-16,23,25-26,30H,3,5,7-8,11,13-14,17-22H2,1-2H3/t23-,25-,26+/m0/s1. The minimum absolute atomic E-state index is 0.182.